The van der Waals surface area contributed by atoms with Crippen molar-refractivity contribution < 1.29 is 27.6 Å². The summed E-state index contributed by atoms with van der Waals surface area (Å²) < 4.78 is 48.4. The van der Waals surface area contributed by atoms with Gasteiger partial charge in [0.25, 0.3) is 0 Å². The van der Waals surface area contributed by atoms with Gasteiger partial charge in [0.05, 0.1) is 11.0 Å². The van der Waals surface area contributed by atoms with Gasteiger partial charge in [-0.25, -0.2) is 0 Å². The van der Waals surface area contributed by atoms with Crippen molar-refractivity contribution in [2.24, 2.45) is 5.41 Å². The van der Waals surface area contributed by atoms with Crippen LogP contribution in [-0.4, -0.2) is 64.2 Å². The van der Waals surface area contributed by atoms with Crippen molar-refractivity contribution in [1.29, 1.82) is 0 Å². The van der Waals surface area contributed by atoms with Crippen LogP contribution in [0.5, 0.6) is 5.88 Å². The fraction of sp³-hybridized carbons (Fsp3) is 0.824. The van der Waals surface area contributed by atoms with Crippen molar-refractivity contribution in [3.05, 3.63) is 16.3 Å². The first-order valence-corrected chi connectivity index (χ1v) is 9.35. The zero-order valence-corrected chi connectivity index (χ0v) is 15.6. The highest BCUT2D eigenvalue weighted by Gasteiger charge is 2.57. The summed E-state index contributed by atoms with van der Waals surface area (Å²) in [5, 5.41) is 15.0. The molecule has 2 saturated heterocycles. The van der Waals surface area contributed by atoms with Crippen molar-refractivity contribution in [2.75, 3.05) is 32.9 Å². The van der Waals surface area contributed by atoms with Crippen LogP contribution >= 0.6 is 0 Å². The quantitative estimate of drug-likeness (QED) is 0.554. The molecule has 8 nitrogen and oxygen atoms in total. The molecule has 1 aromatic rings. The smallest absolute Gasteiger partial charge is 0.422 e. The number of aromatic nitrogens is 2. The Balaban J connectivity index is 1.36. The van der Waals surface area contributed by atoms with E-state index in [1.807, 2.05) is 0 Å². The van der Waals surface area contributed by atoms with E-state index < -0.39 is 29.3 Å². The molecule has 0 aromatic carbocycles. The Morgan fingerprint density at radius 2 is 2.00 bits per heavy atom. The summed E-state index contributed by atoms with van der Waals surface area (Å²) in [4.78, 5) is 12.8. The highest BCUT2D eigenvalue weighted by molar-refractivity contribution is 5.39. The van der Waals surface area contributed by atoms with E-state index in [-0.39, 0.29) is 17.0 Å². The van der Waals surface area contributed by atoms with Crippen LogP contribution in [0.4, 0.5) is 18.9 Å². The van der Waals surface area contributed by atoms with Gasteiger partial charge in [-0.15, -0.1) is 5.10 Å². The van der Waals surface area contributed by atoms with Crippen molar-refractivity contribution in [3.63, 3.8) is 0 Å². The monoisotopic (exact) mass is 404 g/mol. The number of nitrogens with zero attached hydrogens (tertiary/aromatic N) is 4. The lowest BCUT2D eigenvalue weighted by Crippen LogP contribution is -2.69. The average molecular weight is 404 g/mol. The van der Waals surface area contributed by atoms with Gasteiger partial charge in [-0.3, -0.25) is 19.7 Å². The Bertz CT molecular complexity index is 746. The average Bonchev–Trinajstić information content (AvgIpc) is 2.94. The molecule has 4 rings (SSSR count). The molecule has 0 amide bonds. The fourth-order valence-corrected chi connectivity index (χ4v) is 4.59. The lowest BCUT2D eigenvalue weighted by atomic mass is 9.59. The number of nitro groups is 1. The van der Waals surface area contributed by atoms with Crippen LogP contribution in [0.2, 0.25) is 0 Å². The predicted octanol–water partition coefficient (Wildman–Crippen LogP) is 2.94. The SMILES string of the molecule is CC1(N2CC3(CC(n4cc([N+](=O)[O-])c(OCC(F)(F)F)n4)C3)C2)CCOCC1. The summed E-state index contributed by atoms with van der Waals surface area (Å²) in [5.41, 5.74) is -0.188. The number of hydrogen-bond acceptors (Lipinski definition) is 6. The second-order valence-corrected chi connectivity index (χ2v) is 8.49. The van der Waals surface area contributed by atoms with E-state index in [2.05, 4.69) is 21.7 Å². The van der Waals surface area contributed by atoms with Crippen LogP contribution in [-0.2, 0) is 4.74 Å². The van der Waals surface area contributed by atoms with E-state index >= 15 is 0 Å². The van der Waals surface area contributed by atoms with Crippen LogP contribution in [0, 0.1) is 15.5 Å². The summed E-state index contributed by atoms with van der Waals surface area (Å²) in [6, 6.07) is -0.0495. The van der Waals surface area contributed by atoms with E-state index in [1.165, 1.54) is 10.9 Å². The zero-order valence-electron chi connectivity index (χ0n) is 15.6. The summed E-state index contributed by atoms with van der Waals surface area (Å²) in [6.45, 7) is 4.17. The van der Waals surface area contributed by atoms with Gasteiger partial charge in [-0.05, 0) is 38.0 Å². The number of ether oxygens (including phenoxy) is 2. The van der Waals surface area contributed by atoms with Crippen molar-refractivity contribution >= 4 is 5.69 Å². The molecular weight excluding hydrogens is 381 g/mol. The van der Waals surface area contributed by atoms with E-state index in [0.29, 0.717) is 0 Å². The molecule has 0 bridgehead atoms. The number of hydrogen-bond donors (Lipinski definition) is 0. The molecule has 1 saturated carbocycles. The molecule has 11 heteroatoms. The molecule has 156 valence electrons. The standard InChI is InChI=1S/C17H23F3N4O4/c1-15(2-4-27-5-3-15)22-9-16(10-22)6-12(7-16)23-8-13(24(25)26)14(21-23)28-11-17(18,19)20/h8,12H,2-7,9-11H2,1H3. The molecule has 2 aliphatic heterocycles. The van der Waals surface area contributed by atoms with E-state index in [4.69, 9.17) is 4.74 Å². The van der Waals surface area contributed by atoms with Gasteiger partial charge in [-0.1, -0.05) is 0 Å². The highest BCUT2D eigenvalue weighted by atomic mass is 19.4. The third kappa shape index (κ3) is 3.57. The second kappa shape index (κ2) is 6.58. The van der Waals surface area contributed by atoms with Crippen LogP contribution in [0.15, 0.2) is 6.20 Å². The van der Waals surface area contributed by atoms with Gasteiger partial charge in [-0.2, -0.15) is 13.2 Å². The Hall–Kier alpha value is -1.88. The molecule has 3 aliphatic rings. The van der Waals surface area contributed by atoms with E-state index in [1.54, 1.807) is 0 Å². The van der Waals surface area contributed by atoms with Crippen molar-refractivity contribution in [3.8, 4) is 5.88 Å². The molecular formula is C17H23F3N4O4. The first-order chi connectivity index (χ1) is 13.1. The first-order valence-electron chi connectivity index (χ1n) is 9.35. The van der Waals surface area contributed by atoms with Gasteiger partial charge >= 0.3 is 17.7 Å². The topological polar surface area (TPSA) is 82.7 Å². The minimum atomic E-state index is -4.58. The van der Waals surface area contributed by atoms with E-state index in [9.17, 15) is 23.3 Å². The van der Waals surface area contributed by atoms with Gasteiger partial charge in [0, 0.05) is 31.8 Å². The molecule has 3 fully saturated rings. The minimum Gasteiger partial charge on any atom is -0.462 e. The van der Waals surface area contributed by atoms with Crippen LogP contribution in [0.25, 0.3) is 0 Å². The summed E-state index contributed by atoms with van der Waals surface area (Å²) in [5.74, 6) is -0.576. The lowest BCUT2D eigenvalue weighted by molar-refractivity contribution is -0.386. The van der Waals surface area contributed by atoms with Crippen LogP contribution in [0.1, 0.15) is 38.6 Å². The number of halogens is 3. The maximum atomic E-state index is 12.4. The van der Waals surface area contributed by atoms with Crippen molar-refractivity contribution in [2.45, 2.75) is 50.4 Å². The van der Waals surface area contributed by atoms with E-state index in [0.717, 1.165) is 52.0 Å². The van der Waals surface area contributed by atoms with Crippen molar-refractivity contribution in [1.82, 2.24) is 14.7 Å². The fourth-order valence-electron chi connectivity index (χ4n) is 4.59. The minimum absolute atomic E-state index is 0.0495. The first kappa shape index (κ1) is 19.4. The second-order valence-electron chi connectivity index (χ2n) is 8.49. The number of alkyl halides is 3. The van der Waals surface area contributed by atoms with Gasteiger partial charge in [0.1, 0.15) is 6.20 Å². The Labute approximate surface area is 159 Å². The molecule has 1 aromatic heterocycles. The predicted molar refractivity (Wildman–Crippen MR) is 91.2 cm³/mol. The summed E-state index contributed by atoms with van der Waals surface area (Å²) in [7, 11) is 0. The van der Waals surface area contributed by atoms with Gasteiger partial charge < -0.3 is 9.47 Å². The largest absolute Gasteiger partial charge is 0.462 e. The normalized spacial score (nSPS) is 24.6. The number of rotatable bonds is 5. The van der Waals surface area contributed by atoms with Gasteiger partial charge in [0.15, 0.2) is 6.61 Å². The molecule has 3 heterocycles. The molecule has 0 radical (unpaired) electrons. The highest BCUT2D eigenvalue weighted by Crippen LogP contribution is 2.56. The Morgan fingerprint density at radius 1 is 1.36 bits per heavy atom. The molecule has 0 unspecified atom stereocenters. The van der Waals surface area contributed by atoms with Gasteiger partial charge in [0.2, 0.25) is 0 Å². The molecule has 28 heavy (non-hydrogen) atoms. The molecule has 0 N–H and O–H groups in total. The maximum Gasteiger partial charge on any atom is 0.422 e. The van der Waals surface area contributed by atoms with Crippen LogP contribution in [0.3, 0.4) is 0 Å². The zero-order chi connectivity index (χ0) is 20.2. The summed E-state index contributed by atoms with van der Waals surface area (Å²) in [6.07, 6.45) is 0.254. The third-order valence-corrected chi connectivity index (χ3v) is 6.35. The molecule has 0 atom stereocenters. The third-order valence-electron chi connectivity index (χ3n) is 6.35. The lowest BCUT2D eigenvalue weighted by Gasteiger charge is -2.64. The summed E-state index contributed by atoms with van der Waals surface area (Å²) >= 11 is 0. The Kier molecular flexibility index (Phi) is 4.57. The van der Waals surface area contributed by atoms with Crippen LogP contribution < -0.4 is 4.74 Å². The molecule has 1 spiro atoms. The Morgan fingerprint density at radius 3 is 2.57 bits per heavy atom. The number of likely N-dealkylation sites (tertiary alicyclic amines) is 1. The maximum absolute atomic E-state index is 12.4. The molecule has 1 aliphatic carbocycles.